The second kappa shape index (κ2) is 7.77. The summed E-state index contributed by atoms with van der Waals surface area (Å²) in [6.07, 6.45) is 2.61. The fourth-order valence-electron chi connectivity index (χ4n) is 2.96. The van der Waals surface area contributed by atoms with Crippen molar-refractivity contribution in [3.63, 3.8) is 0 Å². The maximum Gasteiger partial charge on any atom is 0.108 e. The zero-order valence-corrected chi connectivity index (χ0v) is 13.5. The lowest BCUT2D eigenvalue weighted by atomic mass is 10.0. The molecule has 0 aromatic heterocycles. The lowest BCUT2D eigenvalue weighted by molar-refractivity contribution is 0.0644. The molecule has 0 spiro atoms. The van der Waals surface area contributed by atoms with Gasteiger partial charge in [-0.15, -0.1) is 0 Å². The van der Waals surface area contributed by atoms with Crippen LogP contribution in [0.4, 0.5) is 0 Å². The molecule has 0 amide bonds. The SMILES string of the molecule is Clc1ccc(C(OCCN2CCCC2)c2ccccc2)cc1. The van der Waals surface area contributed by atoms with Crippen molar-refractivity contribution >= 4 is 11.6 Å². The van der Waals surface area contributed by atoms with Gasteiger partial charge in [0.15, 0.2) is 0 Å². The van der Waals surface area contributed by atoms with E-state index in [1.54, 1.807) is 0 Å². The summed E-state index contributed by atoms with van der Waals surface area (Å²) in [6.45, 7) is 4.18. The molecule has 0 saturated carbocycles. The predicted octanol–water partition coefficient (Wildman–Crippen LogP) is 4.54. The van der Waals surface area contributed by atoms with Gasteiger partial charge in [-0.2, -0.15) is 0 Å². The van der Waals surface area contributed by atoms with Gasteiger partial charge in [0.2, 0.25) is 0 Å². The summed E-state index contributed by atoms with van der Waals surface area (Å²) in [4.78, 5) is 2.48. The van der Waals surface area contributed by atoms with Gasteiger partial charge in [0.05, 0.1) is 6.61 Å². The van der Waals surface area contributed by atoms with Crippen LogP contribution in [0.5, 0.6) is 0 Å². The van der Waals surface area contributed by atoms with Gasteiger partial charge in [0.1, 0.15) is 6.10 Å². The van der Waals surface area contributed by atoms with Crippen LogP contribution in [0, 0.1) is 0 Å². The minimum atomic E-state index is -0.0268. The summed E-state index contributed by atoms with van der Waals surface area (Å²) in [7, 11) is 0. The molecule has 1 atom stereocenters. The monoisotopic (exact) mass is 315 g/mol. The first-order chi connectivity index (χ1) is 10.8. The van der Waals surface area contributed by atoms with Crippen molar-refractivity contribution in [1.29, 1.82) is 0 Å². The Morgan fingerprint density at radius 3 is 2.23 bits per heavy atom. The van der Waals surface area contributed by atoms with Crippen LogP contribution < -0.4 is 0 Å². The molecule has 1 aliphatic rings. The van der Waals surface area contributed by atoms with Crippen LogP contribution in [0.15, 0.2) is 54.6 Å². The smallest absolute Gasteiger partial charge is 0.108 e. The molecular weight excluding hydrogens is 294 g/mol. The summed E-state index contributed by atoms with van der Waals surface area (Å²) in [6, 6.07) is 18.3. The molecule has 2 nitrogen and oxygen atoms in total. The Balaban J connectivity index is 1.70. The second-order valence-corrected chi connectivity index (χ2v) is 6.20. The molecule has 1 aliphatic heterocycles. The van der Waals surface area contributed by atoms with E-state index < -0.39 is 0 Å². The average Bonchev–Trinajstić information content (AvgIpc) is 3.07. The molecule has 1 heterocycles. The summed E-state index contributed by atoms with van der Waals surface area (Å²) in [5, 5.41) is 0.757. The van der Waals surface area contributed by atoms with Crippen LogP contribution in [0.25, 0.3) is 0 Å². The molecule has 1 unspecified atom stereocenters. The second-order valence-electron chi connectivity index (χ2n) is 5.76. The number of nitrogens with zero attached hydrogens (tertiary/aromatic N) is 1. The fraction of sp³-hybridized carbons (Fsp3) is 0.368. The zero-order chi connectivity index (χ0) is 15.2. The van der Waals surface area contributed by atoms with E-state index in [1.165, 1.54) is 31.5 Å². The van der Waals surface area contributed by atoms with Crippen molar-refractivity contribution in [2.75, 3.05) is 26.2 Å². The number of benzene rings is 2. The van der Waals surface area contributed by atoms with Gasteiger partial charge in [-0.25, -0.2) is 0 Å². The normalized spacial score (nSPS) is 16.8. The lowest BCUT2D eigenvalue weighted by Crippen LogP contribution is -2.25. The van der Waals surface area contributed by atoms with Crippen LogP contribution >= 0.6 is 11.6 Å². The van der Waals surface area contributed by atoms with Crippen molar-refractivity contribution in [2.45, 2.75) is 18.9 Å². The molecule has 0 radical (unpaired) electrons. The molecule has 0 bridgehead atoms. The highest BCUT2D eigenvalue weighted by molar-refractivity contribution is 6.30. The highest BCUT2D eigenvalue weighted by Gasteiger charge is 2.16. The highest BCUT2D eigenvalue weighted by atomic mass is 35.5. The van der Waals surface area contributed by atoms with Gasteiger partial charge >= 0.3 is 0 Å². The van der Waals surface area contributed by atoms with Crippen molar-refractivity contribution in [2.24, 2.45) is 0 Å². The van der Waals surface area contributed by atoms with Crippen LogP contribution in [-0.2, 0) is 4.74 Å². The Morgan fingerprint density at radius 2 is 1.55 bits per heavy atom. The molecule has 1 saturated heterocycles. The Kier molecular flexibility index (Phi) is 5.49. The van der Waals surface area contributed by atoms with Crippen LogP contribution in [0.1, 0.15) is 30.1 Å². The van der Waals surface area contributed by atoms with Crippen LogP contribution in [0.2, 0.25) is 5.02 Å². The molecular formula is C19H22ClNO. The third-order valence-corrected chi connectivity index (χ3v) is 4.42. The van der Waals surface area contributed by atoms with Crippen molar-refractivity contribution < 1.29 is 4.74 Å². The van der Waals surface area contributed by atoms with Gasteiger partial charge in [-0.05, 0) is 49.2 Å². The summed E-state index contributed by atoms with van der Waals surface area (Å²) in [5.74, 6) is 0. The number of hydrogen-bond donors (Lipinski definition) is 0. The molecule has 3 heteroatoms. The van der Waals surface area contributed by atoms with E-state index in [2.05, 4.69) is 41.3 Å². The topological polar surface area (TPSA) is 12.5 Å². The van der Waals surface area contributed by atoms with Gasteiger partial charge in [0, 0.05) is 11.6 Å². The quantitative estimate of drug-likeness (QED) is 0.776. The standard InChI is InChI=1S/C19H22ClNO/c20-18-10-8-17(9-11-18)19(16-6-2-1-3-7-16)22-15-14-21-12-4-5-13-21/h1-3,6-11,19H,4-5,12-15H2. The van der Waals surface area contributed by atoms with E-state index in [4.69, 9.17) is 16.3 Å². The molecule has 1 fully saturated rings. The Bertz CT molecular complexity index is 564. The van der Waals surface area contributed by atoms with E-state index in [0.717, 1.165) is 23.7 Å². The van der Waals surface area contributed by atoms with E-state index in [1.807, 2.05) is 18.2 Å². The van der Waals surface area contributed by atoms with E-state index in [-0.39, 0.29) is 6.10 Å². The van der Waals surface area contributed by atoms with Crippen molar-refractivity contribution in [3.8, 4) is 0 Å². The molecule has 0 aliphatic carbocycles. The third-order valence-electron chi connectivity index (χ3n) is 4.17. The number of hydrogen-bond acceptors (Lipinski definition) is 2. The predicted molar refractivity (Wildman–Crippen MR) is 91.4 cm³/mol. The number of likely N-dealkylation sites (tertiary alicyclic amines) is 1. The van der Waals surface area contributed by atoms with Crippen molar-refractivity contribution in [1.82, 2.24) is 4.90 Å². The van der Waals surface area contributed by atoms with E-state index in [9.17, 15) is 0 Å². The molecule has 3 rings (SSSR count). The maximum atomic E-state index is 6.23. The highest BCUT2D eigenvalue weighted by Crippen LogP contribution is 2.27. The average molecular weight is 316 g/mol. The Labute approximate surface area is 137 Å². The first-order valence-electron chi connectivity index (χ1n) is 7.97. The number of halogens is 1. The molecule has 2 aromatic carbocycles. The van der Waals surface area contributed by atoms with Crippen molar-refractivity contribution in [3.05, 3.63) is 70.7 Å². The van der Waals surface area contributed by atoms with Gasteiger partial charge < -0.3 is 9.64 Å². The largest absolute Gasteiger partial charge is 0.367 e. The number of ether oxygens (including phenoxy) is 1. The minimum Gasteiger partial charge on any atom is -0.367 e. The summed E-state index contributed by atoms with van der Waals surface area (Å²) in [5.41, 5.74) is 2.34. The molecule has 2 aromatic rings. The molecule has 116 valence electrons. The number of rotatable bonds is 6. The Hall–Kier alpha value is -1.35. The summed E-state index contributed by atoms with van der Waals surface area (Å²) >= 11 is 6.01. The van der Waals surface area contributed by atoms with Crippen LogP contribution in [0.3, 0.4) is 0 Å². The Morgan fingerprint density at radius 1 is 0.909 bits per heavy atom. The zero-order valence-electron chi connectivity index (χ0n) is 12.7. The summed E-state index contributed by atoms with van der Waals surface area (Å²) < 4.78 is 6.23. The van der Waals surface area contributed by atoms with Gasteiger partial charge in [0.25, 0.3) is 0 Å². The lowest BCUT2D eigenvalue weighted by Gasteiger charge is -2.21. The maximum absolute atomic E-state index is 6.23. The van der Waals surface area contributed by atoms with Gasteiger partial charge in [-0.1, -0.05) is 54.1 Å². The molecule has 22 heavy (non-hydrogen) atoms. The third kappa shape index (κ3) is 4.10. The molecule has 0 N–H and O–H groups in total. The van der Waals surface area contributed by atoms with E-state index >= 15 is 0 Å². The van der Waals surface area contributed by atoms with Crippen LogP contribution in [-0.4, -0.2) is 31.1 Å². The minimum absolute atomic E-state index is 0.0268. The van der Waals surface area contributed by atoms with E-state index in [0.29, 0.717) is 0 Å². The fourth-order valence-corrected chi connectivity index (χ4v) is 3.08. The first kappa shape index (κ1) is 15.5. The van der Waals surface area contributed by atoms with Gasteiger partial charge in [-0.3, -0.25) is 0 Å². The first-order valence-corrected chi connectivity index (χ1v) is 8.35.